The number of hydrogen-bond donors (Lipinski definition) is 1. The number of fused-ring (bicyclic) bond motifs is 1. The summed E-state index contributed by atoms with van der Waals surface area (Å²) in [5.41, 5.74) is 9.07. The molecule has 0 atom stereocenters. The van der Waals surface area contributed by atoms with E-state index in [4.69, 9.17) is 10.5 Å². The average Bonchev–Trinajstić information content (AvgIpc) is 3.05. The van der Waals surface area contributed by atoms with Gasteiger partial charge in [-0.2, -0.15) is 0 Å². The van der Waals surface area contributed by atoms with Crippen LogP contribution in [-0.4, -0.2) is 14.5 Å². The van der Waals surface area contributed by atoms with E-state index in [0.717, 1.165) is 33.7 Å². The van der Waals surface area contributed by atoms with Gasteiger partial charge in [-0.3, -0.25) is 0 Å². The van der Waals surface area contributed by atoms with E-state index in [1.54, 1.807) is 0 Å². The highest BCUT2D eigenvalue weighted by atomic mass is 16.5. The van der Waals surface area contributed by atoms with Crippen molar-refractivity contribution < 1.29 is 4.74 Å². The highest BCUT2D eigenvalue weighted by molar-refractivity contribution is 6.00. The number of aromatic nitrogens is 3. The van der Waals surface area contributed by atoms with Crippen molar-refractivity contribution in [2.75, 3.05) is 5.73 Å². The van der Waals surface area contributed by atoms with Crippen molar-refractivity contribution in [1.82, 2.24) is 14.5 Å². The molecule has 0 aliphatic heterocycles. The predicted molar refractivity (Wildman–Crippen MR) is 103 cm³/mol. The third-order valence-corrected chi connectivity index (χ3v) is 4.28. The predicted octanol–water partition coefficient (Wildman–Crippen LogP) is 4.85. The van der Waals surface area contributed by atoms with Crippen molar-refractivity contribution in [2.45, 2.75) is 19.9 Å². The first-order chi connectivity index (χ1) is 12.6. The zero-order valence-corrected chi connectivity index (χ0v) is 14.7. The number of anilines is 1. The lowest BCUT2D eigenvalue weighted by molar-refractivity contribution is 0.483. The van der Waals surface area contributed by atoms with Crippen LogP contribution in [0.5, 0.6) is 11.5 Å². The Morgan fingerprint density at radius 3 is 2.38 bits per heavy atom. The molecule has 0 aliphatic rings. The average molecular weight is 343 g/mol. The molecule has 4 aromatic rings. The summed E-state index contributed by atoms with van der Waals surface area (Å²) < 4.78 is 7.97. The monoisotopic (exact) mass is 343 g/mol. The first kappa shape index (κ1) is 16.1. The minimum Gasteiger partial charge on any atom is -0.457 e. The maximum absolute atomic E-state index is 6.15. The molecule has 0 unspecified atom stereocenters. The normalized spacial score (nSPS) is 11.2. The first-order valence-corrected chi connectivity index (χ1v) is 8.49. The van der Waals surface area contributed by atoms with Gasteiger partial charge in [-0.25, -0.2) is 9.97 Å². The van der Waals surface area contributed by atoms with Crippen molar-refractivity contribution >= 4 is 16.9 Å². The molecule has 0 saturated heterocycles. The van der Waals surface area contributed by atoms with Crippen LogP contribution in [0.2, 0.25) is 0 Å². The lowest BCUT2D eigenvalue weighted by Crippen LogP contribution is -2.00. The second-order valence-electron chi connectivity index (χ2n) is 6.36. The molecule has 2 N–H and O–H groups in total. The lowest BCUT2D eigenvalue weighted by atomic mass is 10.1. The minimum absolute atomic E-state index is 0.276. The molecular formula is C21H19N4O. The van der Waals surface area contributed by atoms with E-state index in [1.165, 1.54) is 6.33 Å². The van der Waals surface area contributed by atoms with Gasteiger partial charge in [0.2, 0.25) is 0 Å². The molecule has 0 aliphatic carbocycles. The Labute approximate surface area is 152 Å². The summed E-state index contributed by atoms with van der Waals surface area (Å²) in [6.45, 7) is 4.24. The number of nitrogens with two attached hydrogens (primary N) is 1. The number of ether oxygens (including phenoxy) is 1. The van der Waals surface area contributed by atoms with Gasteiger partial charge in [0.25, 0.3) is 0 Å². The summed E-state index contributed by atoms with van der Waals surface area (Å²) in [6, 6.07) is 18.6. The Morgan fingerprint density at radius 2 is 1.69 bits per heavy atom. The van der Waals surface area contributed by atoms with Crippen LogP contribution in [0, 0.1) is 6.07 Å². The number of hydrogen-bond acceptors (Lipinski definition) is 4. The third kappa shape index (κ3) is 2.88. The Bertz CT molecular complexity index is 1040. The summed E-state index contributed by atoms with van der Waals surface area (Å²) in [6.07, 6.45) is 3.60. The zero-order chi connectivity index (χ0) is 18.1. The van der Waals surface area contributed by atoms with E-state index < -0.39 is 0 Å². The molecular weight excluding hydrogens is 324 g/mol. The smallest absolute Gasteiger partial charge is 0.146 e. The highest BCUT2D eigenvalue weighted by Gasteiger charge is 2.16. The molecule has 0 bridgehead atoms. The standard InChI is InChI=1S/C21H19N4O/c1-14(2)25-12-18(19-20(22)23-13-24-21(19)25)15-8-10-17(11-9-15)26-16-6-4-3-5-7-16/h4-14H,1-2H3,(H2,22,23,24). The Kier molecular flexibility index (Phi) is 4.05. The van der Waals surface area contributed by atoms with Crippen molar-refractivity contribution in [2.24, 2.45) is 0 Å². The van der Waals surface area contributed by atoms with Crippen LogP contribution < -0.4 is 10.5 Å². The van der Waals surface area contributed by atoms with E-state index in [0.29, 0.717) is 5.82 Å². The van der Waals surface area contributed by atoms with Gasteiger partial charge in [0.15, 0.2) is 0 Å². The quantitative estimate of drug-likeness (QED) is 0.575. The summed E-state index contributed by atoms with van der Waals surface area (Å²) in [7, 11) is 0. The largest absolute Gasteiger partial charge is 0.457 e. The van der Waals surface area contributed by atoms with Gasteiger partial charge in [0.05, 0.1) is 5.39 Å². The molecule has 129 valence electrons. The summed E-state index contributed by atoms with van der Waals surface area (Å²) >= 11 is 0. The fourth-order valence-corrected chi connectivity index (χ4v) is 3.00. The SMILES string of the molecule is CC(C)n1cc(-c2ccc(Oc3cc[c]cc3)cc2)c2c(N)ncnc21. The van der Waals surface area contributed by atoms with Crippen molar-refractivity contribution in [3.63, 3.8) is 0 Å². The van der Waals surface area contributed by atoms with Gasteiger partial charge < -0.3 is 15.0 Å². The fourth-order valence-electron chi connectivity index (χ4n) is 3.00. The molecule has 0 spiro atoms. The van der Waals surface area contributed by atoms with Gasteiger partial charge in [0, 0.05) is 17.8 Å². The van der Waals surface area contributed by atoms with Crippen molar-refractivity contribution in [3.05, 3.63) is 67.1 Å². The number of rotatable bonds is 4. The molecule has 0 fully saturated rings. The van der Waals surface area contributed by atoms with Crippen LogP contribution in [-0.2, 0) is 0 Å². The second kappa shape index (κ2) is 6.52. The Balaban J connectivity index is 1.74. The van der Waals surface area contributed by atoms with E-state index in [1.807, 2.05) is 48.5 Å². The Hall–Kier alpha value is -3.34. The second-order valence-corrected chi connectivity index (χ2v) is 6.36. The van der Waals surface area contributed by atoms with Crippen LogP contribution in [0.15, 0.2) is 61.1 Å². The molecule has 5 heteroatoms. The van der Waals surface area contributed by atoms with E-state index in [2.05, 4.69) is 40.6 Å². The van der Waals surface area contributed by atoms with Crippen molar-refractivity contribution in [1.29, 1.82) is 0 Å². The fraction of sp³-hybridized carbons (Fsp3) is 0.143. The molecule has 1 radical (unpaired) electrons. The molecule has 26 heavy (non-hydrogen) atoms. The lowest BCUT2D eigenvalue weighted by Gasteiger charge is -2.07. The molecule has 2 aromatic heterocycles. The minimum atomic E-state index is 0.276. The maximum atomic E-state index is 6.15. The van der Waals surface area contributed by atoms with Crippen LogP contribution in [0.1, 0.15) is 19.9 Å². The third-order valence-electron chi connectivity index (χ3n) is 4.28. The molecule has 5 nitrogen and oxygen atoms in total. The summed E-state index contributed by atoms with van der Waals surface area (Å²) in [5, 5.41) is 0.883. The van der Waals surface area contributed by atoms with E-state index in [9.17, 15) is 0 Å². The molecule has 4 rings (SSSR count). The van der Waals surface area contributed by atoms with Crippen molar-refractivity contribution in [3.8, 4) is 22.6 Å². The highest BCUT2D eigenvalue weighted by Crippen LogP contribution is 2.35. The van der Waals surface area contributed by atoms with Gasteiger partial charge in [-0.1, -0.05) is 24.3 Å². The van der Waals surface area contributed by atoms with E-state index >= 15 is 0 Å². The Morgan fingerprint density at radius 1 is 1.00 bits per heavy atom. The van der Waals surface area contributed by atoms with Crippen LogP contribution in [0.3, 0.4) is 0 Å². The van der Waals surface area contributed by atoms with Crippen LogP contribution in [0.25, 0.3) is 22.2 Å². The van der Waals surface area contributed by atoms with Gasteiger partial charge in [0.1, 0.15) is 29.3 Å². The van der Waals surface area contributed by atoms with Crippen LogP contribution in [0.4, 0.5) is 5.82 Å². The molecule has 2 aromatic carbocycles. The van der Waals surface area contributed by atoms with Gasteiger partial charge in [-0.05, 0) is 49.7 Å². The molecule has 2 heterocycles. The zero-order valence-electron chi connectivity index (χ0n) is 14.7. The maximum Gasteiger partial charge on any atom is 0.146 e. The summed E-state index contributed by atoms with van der Waals surface area (Å²) in [5.74, 6) is 2.05. The molecule has 0 saturated carbocycles. The van der Waals surface area contributed by atoms with Gasteiger partial charge in [-0.15, -0.1) is 0 Å². The van der Waals surface area contributed by atoms with Crippen LogP contribution >= 0.6 is 0 Å². The number of benzene rings is 2. The number of nitrogens with zero attached hydrogens (tertiary/aromatic N) is 3. The summed E-state index contributed by atoms with van der Waals surface area (Å²) in [4.78, 5) is 8.59. The van der Waals surface area contributed by atoms with Gasteiger partial charge >= 0.3 is 0 Å². The first-order valence-electron chi connectivity index (χ1n) is 8.49. The molecule has 0 amide bonds. The topological polar surface area (TPSA) is 66.0 Å². The van der Waals surface area contributed by atoms with E-state index in [-0.39, 0.29) is 6.04 Å². The number of nitrogen functional groups attached to an aromatic ring is 1.